The van der Waals surface area contributed by atoms with Gasteiger partial charge in [-0.3, -0.25) is 0 Å². The first-order valence-corrected chi connectivity index (χ1v) is 1.72. The molecule has 4 heteroatoms. The van der Waals surface area contributed by atoms with Crippen LogP contribution in [0, 0.1) is 0 Å². The van der Waals surface area contributed by atoms with E-state index in [0.717, 1.165) is 6.26 Å². The van der Waals surface area contributed by atoms with Crippen molar-refractivity contribution in [1.82, 2.24) is 0 Å². The lowest BCUT2D eigenvalue weighted by Gasteiger charge is -1.68. The zero-order valence-electron chi connectivity index (χ0n) is 3.65. The van der Waals surface area contributed by atoms with E-state index in [1.165, 1.54) is 6.08 Å². The van der Waals surface area contributed by atoms with Crippen LogP contribution in [-0.4, -0.2) is 11.7 Å². The van der Waals surface area contributed by atoms with Crippen molar-refractivity contribution in [2.45, 2.75) is 0 Å². The maximum Gasteiger partial charge on any atom is 0.0753 e. The van der Waals surface area contributed by atoms with Crippen LogP contribution in [0.15, 0.2) is 17.5 Å². The molecule has 0 saturated carbocycles. The molecule has 0 unspecified atom stereocenters. The molecular formula is C3H5N3O. The molecule has 0 amide bonds. The van der Waals surface area contributed by atoms with Crippen LogP contribution in [0.2, 0.25) is 0 Å². The molecule has 0 aliphatic rings. The maximum absolute atomic E-state index is 7.93. The highest BCUT2D eigenvalue weighted by Gasteiger charge is 1.63. The third-order valence-corrected chi connectivity index (χ3v) is 0.356. The van der Waals surface area contributed by atoms with E-state index in [1.54, 1.807) is 0 Å². The third-order valence-electron chi connectivity index (χ3n) is 0.356. The molecule has 0 aliphatic carbocycles. The minimum absolute atomic E-state index is 0.215. The summed E-state index contributed by atoms with van der Waals surface area (Å²) in [6, 6.07) is 0. The van der Waals surface area contributed by atoms with Crippen LogP contribution in [0.5, 0.6) is 0 Å². The molecule has 38 valence electrons. The van der Waals surface area contributed by atoms with E-state index < -0.39 is 0 Å². The molecule has 0 aromatic carbocycles. The molecule has 0 heterocycles. The van der Waals surface area contributed by atoms with Crippen molar-refractivity contribution < 1.29 is 5.11 Å². The standard InChI is InChI=1S/C3H5N3O/c4-6-5-2-1-3-7/h1,3,7H,2H2. The zero-order chi connectivity index (χ0) is 5.54. The number of azide groups is 1. The summed E-state index contributed by atoms with van der Waals surface area (Å²) in [5.41, 5.74) is 7.64. The molecule has 1 N–H and O–H groups in total. The minimum Gasteiger partial charge on any atom is -0.516 e. The Labute approximate surface area is 40.7 Å². The average Bonchev–Trinajstić information content (AvgIpc) is 1.69. The number of rotatable bonds is 2. The lowest BCUT2D eigenvalue weighted by atomic mass is 10.6. The molecule has 7 heavy (non-hydrogen) atoms. The smallest absolute Gasteiger partial charge is 0.0753 e. The summed E-state index contributed by atoms with van der Waals surface area (Å²) in [6.45, 7) is 0.215. The average molecular weight is 99.1 g/mol. The van der Waals surface area contributed by atoms with Gasteiger partial charge in [0.2, 0.25) is 0 Å². The van der Waals surface area contributed by atoms with Gasteiger partial charge in [-0.25, -0.2) is 0 Å². The topological polar surface area (TPSA) is 69.0 Å². The number of hydrogen-bond acceptors (Lipinski definition) is 2. The molecule has 0 rings (SSSR count). The minimum atomic E-state index is 0.215. The molecule has 0 spiro atoms. The molecule has 0 saturated heterocycles. The predicted molar refractivity (Wildman–Crippen MR) is 25.8 cm³/mol. The molecule has 0 radical (unpaired) electrons. The highest BCUT2D eigenvalue weighted by Crippen LogP contribution is 1.70. The van der Waals surface area contributed by atoms with Crippen LogP contribution in [0.25, 0.3) is 10.4 Å². The lowest BCUT2D eigenvalue weighted by molar-refractivity contribution is 0.472. The fourth-order valence-electron chi connectivity index (χ4n) is 0.131. The summed E-state index contributed by atoms with van der Waals surface area (Å²) in [5.74, 6) is 0. The van der Waals surface area contributed by atoms with Crippen LogP contribution in [0.1, 0.15) is 0 Å². The van der Waals surface area contributed by atoms with Crippen molar-refractivity contribution in [3.05, 3.63) is 22.8 Å². The molecule has 0 atom stereocenters. The van der Waals surface area contributed by atoms with Crippen LogP contribution in [0.3, 0.4) is 0 Å². The Balaban J connectivity index is 3.15. The van der Waals surface area contributed by atoms with Gasteiger partial charge in [-0.1, -0.05) is 5.11 Å². The Hall–Kier alpha value is -1.15. The van der Waals surface area contributed by atoms with Gasteiger partial charge >= 0.3 is 0 Å². The summed E-state index contributed by atoms with van der Waals surface area (Å²) in [7, 11) is 0. The predicted octanol–water partition coefficient (Wildman–Crippen LogP) is 1.37. The van der Waals surface area contributed by atoms with Gasteiger partial charge in [0.15, 0.2) is 0 Å². The first-order chi connectivity index (χ1) is 3.41. The molecule has 0 fully saturated rings. The Kier molecular flexibility index (Phi) is 4.05. The quantitative estimate of drug-likeness (QED) is 0.241. The van der Waals surface area contributed by atoms with Crippen LogP contribution in [-0.2, 0) is 0 Å². The zero-order valence-corrected chi connectivity index (χ0v) is 3.65. The molecule has 4 nitrogen and oxygen atoms in total. The summed E-state index contributed by atoms with van der Waals surface area (Å²) in [5, 5.41) is 11.0. The van der Waals surface area contributed by atoms with E-state index in [1.807, 2.05) is 0 Å². The van der Waals surface area contributed by atoms with Gasteiger partial charge in [0.25, 0.3) is 0 Å². The number of hydrogen-bond donors (Lipinski definition) is 1. The lowest BCUT2D eigenvalue weighted by Crippen LogP contribution is -1.63. The molecule has 0 aromatic rings. The van der Waals surface area contributed by atoms with Crippen molar-refractivity contribution in [2.75, 3.05) is 6.54 Å². The van der Waals surface area contributed by atoms with Crippen molar-refractivity contribution in [3.63, 3.8) is 0 Å². The molecule has 0 aliphatic heterocycles. The first kappa shape index (κ1) is 5.85. The second kappa shape index (κ2) is 4.85. The molecule has 0 bridgehead atoms. The number of aliphatic hydroxyl groups is 1. The highest BCUT2D eigenvalue weighted by atomic mass is 16.2. The first-order valence-electron chi connectivity index (χ1n) is 1.72. The van der Waals surface area contributed by atoms with Crippen molar-refractivity contribution in [1.29, 1.82) is 0 Å². The third kappa shape index (κ3) is 4.85. The van der Waals surface area contributed by atoms with Gasteiger partial charge in [0, 0.05) is 11.5 Å². The van der Waals surface area contributed by atoms with Gasteiger partial charge in [-0.05, 0) is 11.6 Å². The Bertz CT molecular complexity index is 103. The van der Waals surface area contributed by atoms with E-state index >= 15 is 0 Å². The SMILES string of the molecule is [N-]=[N+]=NCC=CO. The van der Waals surface area contributed by atoms with E-state index in [2.05, 4.69) is 10.0 Å². The maximum atomic E-state index is 7.93. The van der Waals surface area contributed by atoms with Crippen molar-refractivity contribution in [2.24, 2.45) is 5.11 Å². The highest BCUT2D eigenvalue weighted by molar-refractivity contribution is 4.73. The number of aliphatic hydroxyl groups excluding tert-OH is 1. The fraction of sp³-hybridized carbons (Fsp3) is 0.333. The summed E-state index contributed by atoms with van der Waals surface area (Å²) in [6.07, 6.45) is 2.19. The summed E-state index contributed by atoms with van der Waals surface area (Å²) in [4.78, 5) is 2.44. The van der Waals surface area contributed by atoms with E-state index in [-0.39, 0.29) is 6.54 Å². The number of nitrogens with zero attached hydrogens (tertiary/aromatic N) is 3. The fourth-order valence-corrected chi connectivity index (χ4v) is 0.131. The van der Waals surface area contributed by atoms with Gasteiger partial charge in [-0.2, -0.15) is 0 Å². The molecule has 0 aromatic heterocycles. The van der Waals surface area contributed by atoms with Gasteiger partial charge < -0.3 is 5.11 Å². The Morgan fingerprint density at radius 3 is 3.00 bits per heavy atom. The Morgan fingerprint density at radius 2 is 2.57 bits per heavy atom. The van der Waals surface area contributed by atoms with Crippen molar-refractivity contribution in [3.8, 4) is 0 Å². The van der Waals surface area contributed by atoms with E-state index in [9.17, 15) is 0 Å². The summed E-state index contributed by atoms with van der Waals surface area (Å²) < 4.78 is 0. The van der Waals surface area contributed by atoms with Gasteiger partial charge in [-0.15, -0.1) is 0 Å². The second-order valence-corrected chi connectivity index (χ2v) is 0.798. The van der Waals surface area contributed by atoms with Gasteiger partial charge in [0.05, 0.1) is 6.26 Å². The Morgan fingerprint density at radius 1 is 1.86 bits per heavy atom. The van der Waals surface area contributed by atoms with E-state index in [0.29, 0.717) is 0 Å². The second-order valence-electron chi connectivity index (χ2n) is 0.798. The molecular weight excluding hydrogens is 94.1 g/mol. The van der Waals surface area contributed by atoms with Crippen LogP contribution < -0.4 is 0 Å². The van der Waals surface area contributed by atoms with Crippen LogP contribution in [0.4, 0.5) is 0 Å². The monoisotopic (exact) mass is 99.0 g/mol. The summed E-state index contributed by atoms with van der Waals surface area (Å²) >= 11 is 0. The normalized spacial score (nSPS) is 8.57. The van der Waals surface area contributed by atoms with Gasteiger partial charge in [0.1, 0.15) is 0 Å². The van der Waals surface area contributed by atoms with Crippen LogP contribution >= 0.6 is 0 Å². The van der Waals surface area contributed by atoms with Crippen molar-refractivity contribution >= 4 is 0 Å². The van der Waals surface area contributed by atoms with E-state index in [4.69, 9.17) is 10.6 Å². The largest absolute Gasteiger partial charge is 0.516 e.